The predicted octanol–water partition coefficient (Wildman–Crippen LogP) is 2.48. The summed E-state index contributed by atoms with van der Waals surface area (Å²) in [6, 6.07) is 19.7. The van der Waals surface area contributed by atoms with E-state index in [9.17, 15) is 33.3 Å². The monoisotopic (exact) mass is 596 g/mol. The van der Waals surface area contributed by atoms with Gasteiger partial charge in [-0.1, -0.05) is 36.4 Å². The number of phenolic OH excluding ortho intramolecular Hbond substituents is 1. The van der Waals surface area contributed by atoms with E-state index in [2.05, 4.69) is 20.3 Å². The molecule has 2 atom stereocenters. The summed E-state index contributed by atoms with van der Waals surface area (Å²) < 4.78 is 25.3. The quantitative estimate of drug-likeness (QED) is 0.172. The number of hydrogen-bond acceptors (Lipinski definition) is 8. The highest BCUT2D eigenvalue weighted by atomic mass is 32.2. The van der Waals surface area contributed by atoms with Crippen LogP contribution in [-0.2, 0) is 21.2 Å². The number of aromatic hydroxyl groups is 1. The van der Waals surface area contributed by atoms with E-state index >= 15 is 0 Å². The van der Waals surface area contributed by atoms with Crippen molar-refractivity contribution in [2.75, 3.05) is 35.5 Å². The van der Waals surface area contributed by atoms with Crippen molar-refractivity contribution in [1.29, 1.82) is 0 Å². The predicted molar refractivity (Wildman–Crippen MR) is 160 cm³/mol. The van der Waals surface area contributed by atoms with Crippen molar-refractivity contribution in [2.24, 2.45) is 0 Å². The Labute approximate surface area is 245 Å². The van der Waals surface area contributed by atoms with Crippen LogP contribution in [0.5, 0.6) is 5.75 Å². The number of carboxylic acid groups (broad SMARTS) is 1. The molecule has 3 aromatic carbocycles. The molecule has 12 heteroatoms. The Hall–Kier alpha value is -4.13. The molecule has 4 rings (SSSR count). The molecule has 3 aromatic rings. The van der Waals surface area contributed by atoms with E-state index in [1.165, 1.54) is 12.1 Å². The molecule has 1 saturated heterocycles. The largest absolute Gasteiger partial charge is 0.506 e. The van der Waals surface area contributed by atoms with Gasteiger partial charge in [-0.25, -0.2) is 13.2 Å². The van der Waals surface area contributed by atoms with Gasteiger partial charge in [0.2, 0.25) is 10.0 Å². The number of anilines is 2. The lowest BCUT2D eigenvalue weighted by molar-refractivity contribution is -0.139. The number of nitrogens with zero attached hydrogens (tertiary/aromatic N) is 1. The van der Waals surface area contributed by atoms with E-state index < -0.39 is 34.0 Å². The van der Waals surface area contributed by atoms with Crippen molar-refractivity contribution in [2.45, 2.75) is 37.5 Å². The average molecular weight is 597 g/mol. The van der Waals surface area contributed by atoms with Gasteiger partial charge in [0.05, 0.1) is 18.0 Å². The number of piperidine rings is 1. The SMILES string of the molecule is CS(=O)(=O)Nc1cc([C@H](O)CNC2CCN(c3ccc(C(=O)N[C@@H](Cc4ccccc4)C(=O)O)cc3)CC2)ccc1O. The number of aliphatic hydroxyl groups excluding tert-OH is 1. The maximum atomic E-state index is 12.7. The van der Waals surface area contributed by atoms with Crippen LogP contribution in [0.2, 0.25) is 0 Å². The molecule has 0 saturated carbocycles. The number of nitrogens with one attached hydrogen (secondary N) is 3. The number of rotatable bonds is 12. The Bertz CT molecular complexity index is 1480. The zero-order valence-corrected chi connectivity index (χ0v) is 24.0. The van der Waals surface area contributed by atoms with Gasteiger partial charge in [0.25, 0.3) is 5.91 Å². The van der Waals surface area contributed by atoms with Gasteiger partial charge in [-0.2, -0.15) is 0 Å². The van der Waals surface area contributed by atoms with Crippen LogP contribution in [0.4, 0.5) is 11.4 Å². The second-order valence-electron chi connectivity index (χ2n) is 10.4. The third-order valence-electron chi connectivity index (χ3n) is 7.18. The van der Waals surface area contributed by atoms with Crippen molar-refractivity contribution < 1.29 is 33.3 Å². The summed E-state index contributed by atoms with van der Waals surface area (Å²) in [6.07, 6.45) is 1.93. The van der Waals surface area contributed by atoms with Crippen molar-refractivity contribution >= 4 is 33.3 Å². The normalized spacial score (nSPS) is 15.5. The minimum absolute atomic E-state index is 0.0137. The maximum absolute atomic E-state index is 12.7. The van der Waals surface area contributed by atoms with Gasteiger partial charge >= 0.3 is 5.97 Å². The zero-order chi connectivity index (χ0) is 30.3. The van der Waals surface area contributed by atoms with Crippen LogP contribution < -0.4 is 20.3 Å². The molecule has 42 heavy (non-hydrogen) atoms. The lowest BCUT2D eigenvalue weighted by Crippen LogP contribution is -2.43. The number of benzene rings is 3. The van der Waals surface area contributed by atoms with E-state index in [1.54, 1.807) is 18.2 Å². The molecule has 1 aliphatic heterocycles. The second-order valence-corrected chi connectivity index (χ2v) is 12.2. The van der Waals surface area contributed by atoms with E-state index in [0.29, 0.717) is 11.1 Å². The minimum Gasteiger partial charge on any atom is -0.506 e. The lowest BCUT2D eigenvalue weighted by Gasteiger charge is -2.34. The summed E-state index contributed by atoms with van der Waals surface area (Å²) in [5, 5.41) is 36.1. The smallest absolute Gasteiger partial charge is 0.326 e. The molecule has 0 unspecified atom stereocenters. The summed E-state index contributed by atoms with van der Waals surface area (Å²) in [7, 11) is -3.58. The zero-order valence-electron chi connectivity index (χ0n) is 23.2. The van der Waals surface area contributed by atoms with Crippen molar-refractivity contribution in [1.82, 2.24) is 10.6 Å². The maximum Gasteiger partial charge on any atom is 0.326 e. The summed E-state index contributed by atoms with van der Waals surface area (Å²) >= 11 is 0. The highest BCUT2D eigenvalue weighted by Gasteiger charge is 2.23. The van der Waals surface area contributed by atoms with E-state index in [1.807, 2.05) is 42.5 Å². The summed E-state index contributed by atoms with van der Waals surface area (Å²) in [6.45, 7) is 1.79. The Morgan fingerprint density at radius 2 is 1.67 bits per heavy atom. The number of carbonyl (C=O) groups excluding carboxylic acids is 1. The van der Waals surface area contributed by atoms with E-state index in [4.69, 9.17) is 0 Å². The third kappa shape index (κ3) is 8.68. The number of sulfonamides is 1. The molecule has 0 radical (unpaired) electrons. The Balaban J connectivity index is 1.25. The fraction of sp³-hybridized carbons (Fsp3) is 0.333. The molecule has 1 amide bonds. The topological polar surface area (TPSA) is 168 Å². The lowest BCUT2D eigenvalue weighted by atomic mass is 10.0. The molecule has 1 aliphatic rings. The minimum atomic E-state index is -3.58. The average Bonchev–Trinajstić information content (AvgIpc) is 2.97. The number of aliphatic hydroxyl groups is 1. The standard InChI is InChI=1S/C30H36N4O7S/c1-42(40,41)33-25-18-22(9-12-27(25)35)28(36)19-31-23-13-15-34(16-14-23)24-10-7-21(8-11-24)29(37)32-26(30(38)39)17-20-5-3-2-4-6-20/h2-12,18,23,26,28,31,33,35-36H,13-17,19H2,1H3,(H,32,37)(H,38,39)/t26-,28+/m0/s1. The number of amides is 1. The summed E-state index contributed by atoms with van der Waals surface area (Å²) in [4.78, 5) is 26.7. The van der Waals surface area contributed by atoms with Gasteiger partial charge in [-0.15, -0.1) is 0 Å². The van der Waals surface area contributed by atoms with E-state index in [-0.39, 0.29) is 30.4 Å². The molecule has 11 nitrogen and oxygen atoms in total. The molecule has 0 bridgehead atoms. The summed E-state index contributed by atoms with van der Waals surface area (Å²) in [5.41, 5.74) is 2.65. The number of aliphatic carboxylic acids is 1. The first-order valence-corrected chi connectivity index (χ1v) is 15.5. The molecule has 224 valence electrons. The highest BCUT2D eigenvalue weighted by molar-refractivity contribution is 7.92. The molecular weight excluding hydrogens is 560 g/mol. The van der Waals surface area contributed by atoms with E-state index in [0.717, 1.165) is 43.4 Å². The fourth-order valence-electron chi connectivity index (χ4n) is 4.90. The highest BCUT2D eigenvalue weighted by Crippen LogP contribution is 2.28. The molecule has 0 aromatic heterocycles. The van der Waals surface area contributed by atoms with Gasteiger partial charge in [0.1, 0.15) is 11.8 Å². The second kappa shape index (κ2) is 13.7. The Morgan fingerprint density at radius 1 is 1.00 bits per heavy atom. The Kier molecular flexibility index (Phi) is 10.0. The van der Waals surface area contributed by atoms with Crippen molar-refractivity contribution in [3.05, 3.63) is 89.5 Å². The Morgan fingerprint density at radius 3 is 2.29 bits per heavy atom. The van der Waals surface area contributed by atoms with Crippen LogP contribution in [-0.4, -0.2) is 73.6 Å². The number of hydrogen-bond donors (Lipinski definition) is 6. The van der Waals surface area contributed by atoms with Crippen LogP contribution >= 0.6 is 0 Å². The molecule has 0 aliphatic carbocycles. The van der Waals surface area contributed by atoms with Crippen LogP contribution in [0, 0.1) is 0 Å². The number of phenols is 1. The van der Waals surface area contributed by atoms with Crippen molar-refractivity contribution in [3.8, 4) is 5.75 Å². The molecule has 1 heterocycles. The van der Waals surface area contributed by atoms with Crippen LogP contribution in [0.1, 0.15) is 40.4 Å². The molecular formula is C30H36N4O7S. The van der Waals surface area contributed by atoms with Crippen LogP contribution in [0.15, 0.2) is 72.8 Å². The first-order valence-electron chi connectivity index (χ1n) is 13.6. The number of carbonyl (C=O) groups is 2. The summed E-state index contributed by atoms with van der Waals surface area (Å²) in [5.74, 6) is -1.76. The fourth-order valence-corrected chi connectivity index (χ4v) is 5.46. The van der Waals surface area contributed by atoms with Gasteiger partial charge in [0.15, 0.2) is 0 Å². The van der Waals surface area contributed by atoms with Crippen molar-refractivity contribution in [3.63, 3.8) is 0 Å². The first kappa shape index (κ1) is 30.8. The number of carboxylic acids is 1. The van der Waals surface area contributed by atoms with Gasteiger partial charge in [-0.3, -0.25) is 9.52 Å². The molecule has 1 fully saturated rings. The van der Waals surface area contributed by atoms with Gasteiger partial charge < -0.3 is 30.9 Å². The molecule has 0 spiro atoms. The van der Waals surface area contributed by atoms with Gasteiger partial charge in [-0.05, 0) is 60.4 Å². The van der Waals surface area contributed by atoms with Crippen LogP contribution in [0.25, 0.3) is 0 Å². The third-order valence-corrected chi connectivity index (χ3v) is 7.77. The van der Waals surface area contributed by atoms with Crippen LogP contribution in [0.3, 0.4) is 0 Å². The molecule has 6 N–H and O–H groups in total. The first-order chi connectivity index (χ1) is 20.0. The van der Waals surface area contributed by atoms with Gasteiger partial charge in [0, 0.05) is 43.3 Å².